The molecule has 1 fully saturated rings. The van der Waals surface area contributed by atoms with E-state index in [0.29, 0.717) is 32.7 Å². The van der Waals surface area contributed by atoms with Gasteiger partial charge >= 0.3 is 0 Å². The number of piperazine rings is 1. The van der Waals surface area contributed by atoms with Gasteiger partial charge in [0.1, 0.15) is 12.4 Å². The van der Waals surface area contributed by atoms with E-state index in [-0.39, 0.29) is 10.7 Å². The number of quaternary nitrogens is 1. The smallest absolute Gasteiger partial charge is 0.243 e. The number of carbonyl (C=O) groups excluding carboxylic acids is 1. The third-order valence-electron chi connectivity index (χ3n) is 5.61. The van der Waals surface area contributed by atoms with Crippen molar-refractivity contribution in [2.75, 3.05) is 32.7 Å². The van der Waals surface area contributed by atoms with Crippen molar-refractivity contribution in [3.8, 4) is 0 Å². The summed E-state index contributed by atoms with van der Waals surface area (Å²) in [7, 11) is -3.63. The lowest BCUT2D eigenvalue weighted by Gasteiger charge is -2.31. The lowest BCUT2D eigenvalue weighted by Crippen LogP contribution is -3.15. The minimum absolute atomic E-state index is 0.0989. The fraction of sp³-hybridized carbons (Fsp3) is 0.476. The van der Waals surface area contributed by atoms with Crippen LogP contribution in [0.25, 0.3) is 0 Å². The summed E-state index contributed by atoms with van der Waals surface area (Å²) in [6.07, 6.45) is 1.01. The van der Waals surface area contributed by atoms with E-state index in [0.717, 1.165) is 46.9 Å². The van der Waals surface area contributed by atoms with Gasteiger partial charge in [-0.1, -0.05) is 6.92 Å². The number of aryl methyl sites for hydroxylation is 1. The average molecular weight is 423 g/mol. The van der Waals surface area contributed by atoms with E-state index in [1.54, 1.807) is 0 Å². The third-order valence-corrected chi connectivity index (χ3v) is 7.53. The number of nitrogens with one attached hydrogen (secondary N) is 1. The predicted molar refractivity (Wildman–Crippen MR) is 109 cm³/mol. The van der Waals surface area contributed by atoms with Gasteiger partial charge < -0.3 is 9.47 Å². The van der Waals surface area contributed by atoms with Crippen molar-refractivity contribution in [2.45, 2.75) is 38.6 Å². The van der Waals surface area contributed by atoms with Gasteiger partial charge in [0.05, 0.1) is 31.1 Å². The first-order valence-electron chi connectivity index (χ1n) is 10.0. The van der Waals surface area contributed by atoms with E-state index in [1.165, 1.54) is 16.4 Å². The normalized spacial score (nSPS) is 16.3. The maximum Gasteiger partial charge on any atom is 0.243 e. The Hall–Kier alpha value is -2.03. The molecule has 0 saturated carbocycles. The third kappa shape index (κ3) is 4.60. The molecule has 2 aromatic rings. The van der Waals surface area contributed by atoms with Crippen molar-refractivity contribution >= 4 is 15.8 Å². The van der Waals surface area contributed by atoms with Crippen LogP contribution in [0.2, 0.25) is 0 Å². The molecule has 1 aromatic carbocycles. The van der Waals surface area contributed by atoms with Crippen molar-refractivity contribution in [3.63, 3.8) is 0 Å². The lowest BCUT2D eigenvalue weighted by atomic mass is 10.1. The van der Waals surface area contributed by atoms with E-state index in [2.05, 4.69) is 11.5 Å². The molecule has 0 aliphatic carbocycles. The average Bonchev–Trinajstić information content (AvgIpc) is 2.97. The van der Waals surface area contributed by atoms with Crippen LogP contribution in [0.15, 0.2) is 35.2 Å². The largest absolute Gasteiger partial charge is 0.348 e. The maximum atomic E-state index is 13.1. The van der Waals surface area contributed by atoms with Gasteiger partial charge in [-0.3, -0.25) is 4.79 Å². The monoisotopic (exact) mass is 422 g/mol. The summed E-state index contributed by atoms with van der Waals surface area (Å²) < 4.78 is 42.1. The minimum atomic E-state index is -3.63. The van der Waals surface area contributed by atoms with Gasteiger partial charge in [-0.15, -0.1) is 0 Å². The number of rotatable bonds is 7. The molecular formula is C21H29FN3O3S+. The van der Waals surface area contributed by atoms with E-state index < -0.39 is 15.8 Å². The topological polar surface area (TPSA) is 63.8 Å². The second-order valence-corrected chi connectivity index (χ2v) is 9.58. The Balaban J connectivity index is 1.62. The molecule has 0 spiro atoms. The molecule has 1 N–H and O–H groups in total. The maximum absolute atomic E-state index is 13.1. The summed E-state index contributed by atoms with van der Waals surface area (Å²) in [5, 5.41) is 0. The number of halogens is 1. The number of carbonyl (C=O) groups is 1. The van der Waals surface area contributed by atoms with Crippen LogP contribution in [0.4, 0.5) is 4.39 Å². The fourth-order valence-electron chi connectivity index (χ4n) is 3.95. The first-order valence-corrected chi connectivity index (χ1v) is 11.5. The van der Waals surface area contributed by atoms with Crippen LogP contribution < -0.4 is 4.90 Å². The van der Waals surface area contributed by atoms with E-state index >= 15 is 0 Å². The summed E-state index contributed by atoms with van der Waals surface area (Å²) >= 11 is 0. The zero-order valence-corrected chi connectivity index (χ0v) is 18.1. The second kappa shape index (κ2) is 8.77. The zero-order chi connectivity index (χ0) is 21.2. The highest BCUT2D eigenvalue weighted by molar-refractivity contribution is 7.89. The molecule has 8 heteroatoms. The van der Waals surface area contributed by atoms with Gasteiger partial charge in [0.15, 0.2) is 0 Å². The second-order valence-electron chi connectivity index (χ2n) is 7.64. The molecule has 1 aromatic heterocycles. The number of ketones is 1. The fourth-order valence-corrected chi connectivity index (χ4v) is 5.39. The minimum Gasteiger partial charge on any atom is -0.348 e. The number of aromatic nitrogens is 1. The van der Waals surface area contributed by atoms with Crippen LogP contribution >= 0.6 is 0 Å². The predicted octanol–water partition coefficient (Wildman–Crippen LogP) is 1.43. The Bertz CT molecular complexity index is 975. The molecule has 3 rings (SSSR count). The van der Waals surface area contributed by atoms with E-state index in [1.807, 2.05) is 19.9 Å². The Morgan fingerprint density at radius 1 is 1.14 bits per heavy atom. The summed E-state index contributed by atoms with van der Waals surface area (Å²) in [5.41, 5.74) is 2.87. The highest BCUT2D eigenvalue weighted by Gasteiger charge is 2.31. The van der Waals surface area contributed by atoms with Crippen molar-refractivity contribution in [2.24, 2.45) is 0 Å². The summed E-state index contributed by atoms with van der Waals surface area (Å²) in [4.78, 5) is 14.0. The first kappa shape index (κ1) is 21.7. The standard InChI is InChI=1S/C21H28FN3O3S/c1-4-9-25-16(2)14-20(17(25)3)21(26)15-23-10-12-24(13-11-23)29(27,28)19-7-5-18(22)6-8-19/h5-8,14H,4,9-13,15H2,1-3H3/p+1. The van der Waals surface area contributed by atoms with Crippen LogP contribution in [0.1, 0.15) is 35.1 Å². The van der Waals surface area contributed by atoms with Gasteiger partial charge in [0, 0.05) is 23.5 Å². The molecule has 2 heterocycles. The number of hydrogen-bond donors (Lipinski definition) is 1. The van der Waals surface area contributed by atoms with Crippen molar-refractivity contribution in [1.29, 1.82) is 0 Å². The van der Waals surface area contributed by atoms with Crippen LogP contribution in [-0.2, 0) is 16.6 Å². The van der Waals surface area contributed by atoms with Crippen molar-refractivity contribution < 1.29 is 22.5 Å². The number of hydrogen-bond acceptors (Lipinski definition) is 3. The van der Waals surface area contributed by atoms with Gasteiger partial charge in [-0.25, -0.2) is 12.8 Å². The Kier molecular flexibility index (Phi) is 6.55. The van der Waals surface area contributed by atoms with Gasteiger partial charge in [-0.05, 0) is 50.6 Å². The van der Waals surface area contributed by atoms with Crippen molar-refractivity contribution in [1.82, 2.24) is 8.87 Å². The highest BCUT2D eigenvalue weighted by Crippen LogP contribution is 2.17. The zero-order valence-electron chi connectivity index (χ0n) is 17.2. The number of benzene rings is 1. The van der Waals surface area contributed by atoms with Crippen LogP contribution in [0.5, 0.6) is 0 Å². The van der Waals surface area contributed by atoms with E-state index in [4.69, 9.17) is 0 Å². The van der Waals surface area contributed by atoms with Gasteiger partial charge in [-0.2, -0.15) is 4.31 Å². The first-order chi connectivity index (χ1) is 13.7. The molecule has 29 heavy (non-hydrogen) atoms. The van der Waals surface area contributed by atoms with Gasteiger partial charge in [0.2, 0.25) is 15.8 Å². The molecule has 0 amide bonds. The Morgan fingerprint density at radius 2 is 1.76 bits per heavy atom. The molecule has 0 atom stereocenters. The SMILES string of the molecule is CCCn1c(C)cc(C(=O)C[NH+]2CCN(S(=O)(=O)c3ccc(F)cc3)CC2)c1C. The summed E-state index contributed by atoms with van der Waals surface area (Å²) in [5.74, 6) is -0.361. The molecule has 1 saturated heterocycles. The highest BCUT2D eigenvalue weighted by atomic mass is 32.2. The van der Waals surface area contributed by atoms with Crippen LogP contribution in [0.3, 0.4) is 0 Å². The number of nitrogens with zero attached hydrogens (tertiary/aromatic N) is 2. The quantitative estimate of drug-likeness (QED) is 0.687. The Morgan fingerprint density at radius 3 is 2.34 bits per heavy atom. The van der Waals surface area contributed by atoms with Crippen molar-refractivity contribution in [3.05, 3.63) is 53.1 Å². The lowest BCUT2D eigenvalue weighted by molar-refractivity contribution is -0.895. The molecule has 1 aliphatic heterocycles. The number of sulfonamides is 1. The number of Topliss-reactive ketones (excluding diaryl/α,β-unsaturated/α-hetero) is 1. The molecule has 1 aliphatic rings. The molecule has 0 bridgehead atoms. The molecular weight excluding hydrogens is 393 g/mol. The molecule has 0 unspecified atom stereocenters. The molecule has 6 nitrogen and oxygen atoms in total. The van der Waals surface area contributed by atoms with Crippen LogP contribution in [-0.4, -0.2) is 55.8 Å². The van der Waals surface area contributed by atoms with E-state index in [9.17, 15) is 17.6 Å². The summed E-state index contributed by atoms with van der Waals surface area (Å²) in [6.45, 7) is 9.21. The van der Waals surface area contributed by atoms with Gasteiger partial charge in [0.25, 0.3) is 0 Å². The molecule has 0 radical (unpaired) electrons. The summed E-state index contributed by atoms with van der Waals surface area (Å²) in [6, 6.07) is 6.85. The Labute approximate surface area is 172 Å². The van der Waals surface area contributed by atoms with Crippen LogP contribution in [0, 0.1) is 19.7 Å². The molecule has 158 valence electrons.